The highest BCUT2D eigenvalue weighted by atomic mass is 35.5. The van der Waals surface area contributed by atoms with Crippen molar-refractivity contribution in [2.24, 2.45) is 0 Å². The standard InChI is InChI=1S/C30H26ClN3O/c1-20-7-10-24(18-33-20)23-11-14-26-27(19-34-28(26)17-23)30(35)29(22-5-3-2-4-6-22)32-16-15-21-8-12-25(31)13-9-21/h2-14,17-19,29,32,34H,15-16H2,1H3/t29-/m1/s1. The van der Waals surface area contributed by atoms with E-state index in [1.807, 2.05) is 92.1 Å². The molecule has 5 aromatic rings. The second kappa shape index (κ2) is 10.3. The SMILES string of the molecule is Cc1ccc(-c2ccc3c(C(=O)[C@H](NCCc4ccc(Cl)cc4)c4ccccc4)c[nH]c3c2)cn1. The molecule has 174 valence electrons. The van der Waals surface area contributed by atoms with E-state index in [4.69, 9.17) is 11.6 Å². The number of Topliss-reactive ketones (excluding diaryl/α,β-unsaturated/α-hetero) is 1. The van der Waals surface area contributed by atoms with Crippen LogP contribution >= 0.6 is 11.6 Å². The number of benzene rings is 3. The summed E-state index contributed by atoms with van der Waals surface area (Å²) >= 11 is 6.01. The van der Waals surface area contributed by atoms with Gasteiger partial charge < -0.3 is 10.3 Å². The number of aromatic amines is 1. The van der Waals surface area contributed by atoms with Crippen LogP contribution in [-0.2, 0) is 6.42 Å². The number of fused-ring (bicyclic) bond motifs is 1. The Kier molecular flexibility index (Phi) is 6.75. The molecule has 0 aliphatic heterocycles. The molecule has 0 saturated heterocycles. The molecule has 3 aromatic carbocycles. The van der Waals surface area contributed by atoms with Crippen LogP contribution in [0.4, 0.5) is 0 Å². The van der Waals surface area contributed by atoms with Crippen LogP contribution in [0.5, 0.6) is 0 Å². The van der Waals surface area contributed by atoms with Crippen LogP contribution < -0.4 is 5.32 Å². The summed E-state index contributed by atoms with van der Waals surface area (Å²) < 4.78 is 0. The largest absolute Gasteiger partial charge is 0.360 e. The van der Waals surface area contributed by atoms with Crippen molar-refractivity contribution in [2.45, 2.75) is 19.4 Å². The van der Waals surface area contributed by atoms with Gasteiger partial charge in [0.2, 0.25) is 0 Å². The lowest BCUT2D eigenvalue weighted by Gasteiger charge is -2.18. The number of H-pyrrole nitrogens is 1. The number of halogens is 1. The number of ketones is 1. The molecule has 1 atom stereocenters. The van der Waals surface area contributed by atoms with Crippen molar-refractivity contribution in [1.82, 2.24) is 15.3 Å². The third kappa shape index (κ3) is 5.19. The van der Waals surface area contributed by atoms with E-state index >= 15 is 0 Å². The van der Waals surface area contributed by atoms with Gasteiger partial charge in [-0.2, -0.15) is 0 Å². The Morgan fingerprint density at radius 2 is 1.74 bits per heavy atom. The van der Waals surface area contributed by atoms with Gasteiger partial charge in [0, 0.05) is 51.7 Å². The van der Waals surface area contributed by atoms with Crippen molar-refractivity contribution in [2.75, 3.05) is 6.54 Å². The van der Waals surface area contributed by atoms with E-state index in [-0.39, 0.29) is 5.78 Å². The van der Waals surface area contributed by atoms with Crippen LogP contribution in [0, 0.1) is 6.92 Å². The van der Waals surface area contributed by atoms with Crippen LogP contribution in [0.2, 0.25) is 5.02 Å². The first-order valence-corrected chi connectivity index (χ1v) is 12.1. The van der Waals surface area contributed by atoms with Crippen molar-refractivity contribution < 1.29 is 4.79 Å². The average molecular weight is 480 g/mol. The molecule has 4 nitrogen and oxygen atoms in total. The van der Waals surface area contributed by atoms with Crippen LogP contribution in [0.15, 0.2) is 97.3 Å². The monoisotopic (exact) mass is 479 g/mol. The Morgan fingerprint density at radius 1 is 0.971 bits per heavy atom. The topological polar surface area (TPSA) is 57.8 Å². The van der Waals surface area contributed by atoms with Gasteiger partial charge in [-0.3, -0.25) is 9.78 Å². The molecule has 0 spiro atoms. The van der Waals surface area contributed by atoms with Crippen molar-refractivity contribution in [3.8, 4) is 11.1 Å². The predicted octanol–water partition coefficient (Wildman–Crippen LogP) is 6.95. The highest BCUT2D eigenvalue weighted by molar-refractivity contribution is 6.30. The molecule has 5 heteroatoms. The normalized spacial score (nSPS) is 12.1. The lowest BCUT2D eigenvalue weighted by Crippen LogP contribution is -2.30. The molecule has 2 heterocycles. The Morgan fingerprint density at radius 3 is 2.49 bits per heavy atom. The smallest absolute Gasteiger partial charge is 0.186 e. The first-order chi connectivity index (χ1) is 17.1. The maximum Gasteiger partial charge on any atom is 0.186 e. The summed E-state index contributed by atoms with van der Waals surface area (Å²) in [6.07, 6.45) is 4.50. The predicted molar refractivity (Wildman–Crippen MR) is 143 cm³/mol. The Hall–Kier alpha value is -3.73. The zero-order valence-electron chi connectivity index (χ0n) is 19.5. The molecule has 35 heavy (non-hydrogen) atoms. The molecule has 0 aliphatic carbocycles. The summed E-state index contributed by atoms with van der Waals surface area (Å²) in [7, 11) is 0. The van der Waals surface area contributed by atoms with Gasteiger partial charge in [0.1, 0.15) is 0 Å². The maximum absolute atomic E-state index is 13.8. The highest BCUT2D eigenvalue weighted by Crippen LogP contribution is 2.29. The second-order valence-electron chi connectivity index (χ2n) is 8.69. The molecule has 0 unspecified atom stereocenters. The van der Waals surface area contributed by atoms with Gasteiger partial charge in [0.05, 0.1) is 6.04 Å². The van der Waals surface area contributed by atoms with Gasteiger partial charge in [0.15, 0.2) is 5.78 Å². The number of rotatable bonds is 8. The van der Waals surface area contributed by atoms with Gasteiger partial charge in [0.25, 0.3) is 0 Å². The van der Waals surface area contributed by atoms with Crippen LogP contribution in [0.3, 0.4) is 0 Å². The molecule has 0 aliphatic rings. The zero-order chi connectivity index (χ0) is 24.2. The average Bonchev–Trinajstić information content (AvgIpc) is 3.32. The quantitative estimate of drug-likeness (QED) is 0.237. The molecule has 0 fully saturated rings. The lowest BCUT2D eigenvalue weighted by atomic mass is 9.96. The summed E-state index contributed by atoms with van der Waals surface area (Å²) in [5, 5.41) is 5.13. The van der Waals surface area contributed by atoms with E-state index in [1.165, 1.54) is 5.56 Å². The minimum absolute atomic E-state index is 0.0447. The number of carbonyl (C=O) groups is 1. The van der Waals surface area contributed by atoms with Crippen LogP contribution in [-0.4, -0.2) is 22.3 Å². The fourth-order valence-electron chi connectivity index (χ4n) is 4.32. The van der Waals surface area contributed by atoms with E-state index in [2.05, 4.69) is 27.4 Å². The molecule has 0 saturated carbocycles. The number of hydrogen-bond acceptors (Lipinski definition) is 3. The minimum atomic E-state index is -0.441. The van der Waals surface area contributed by atoms with Crippen LogP contribution in [0.1, 0.15) is 33.2 Å². The Bertz CT molecular complexity index is 1440. The molecule has 5 rings (SSSR count). The first kappa shape index (κ1) is 23.0. The first-order valence-electron chi connectivity index (χ1n) is 11.7. The summed E-state index contributed by atoms with van der Waals surface area (Å²) in [5.41, 5.74) is 6.83. The number of nitrogens with one attached hydrogen (secondary N) is 2. The van der Waals surface area contributed by atoms with Gasteiger partial charge >= 0.3 is 0 Å². The Labute approximate surface area is 210 Å². The molecule has 2 N–H and O–H groups in total. The van der Waals surface area contributed by atoms with E-state index in [0.717, 1.165) is 44.7 Å². The van der Waals surface area contributed by atoms with Crippen molar-refractivity contribution in [3.05, 3.63) is 125 Å². The third-order valence-electron chi connectivity index (χ3n) is 6.26. The number of carbonyl (C=O) groups excluding carboxylic acids is 1. The van der Waals surface area contributed by atoms with Gasteiger partial charge in [-0.15, -0.1) is 0 Å². The second-order valence-corrected chi connectivity index (χ2v) is 9.13. The Balaban J connectivity index is 1.40. The number of nitrogens with zero attached hydrogens (tertiary/aromatic N) is 1. The van der Waals surface area contributed by atoms with Gasteiger partial charge in [-0.25, -0.2) is 0 Å². The van der Waals surface area contributed by atoms with Gasteiger partial charge in [-0.1, -0.05) is 72.3 Å². The summed E-state index contributed by atoms with van der Waals surface area (Å²) in [5.74, 6) is 0.0447. The van der Waals surface area contributed by atoms with Gasteiger partial charge in [-0.05, 0) is 54.3 Å². The lowest BCUT2D eigenvalue weighted by molar-refractivity contribution is 0.0945. The van der Waals surface area contributed by atoms with E-state index in [1.54, 1.807) is 0 Å². The number of hydrogen-bond donors (Lipinski definition) is 2. The zero-order valence-corrected chi connectivity index (χ0v) is 20.2. The van der Waals surface area contributed by atoms with Crippen molar-refractivity contribution in [1.29, 1.82) is 0 Å². The number of aryl methyl sites for hydroxylation is 1. The van der Waals surface area contributed by atoms with Crippen molar-refractivity contribution in [3.63, 3.8) is 0 Å². The number of pyridine rings is 1. The maximum atomic E-state index is 13.8. The number of aromatic nitrogens is 2. The van der Waals surface area contributed by atoms with E-state index < -0.39 is 6.04 Å². The molecule has 0 amide bonds. The molecule has 2 aromatic heterocycles. The minimum Gasteiger partial charge on any atom is -0.360 e. The molecule has 0 radical (unpaired) electrons. The fraction of sp³-hybridized carbons (Fsp3) is 0.133. The molecular weight excluding hydrogens is 454 g/mol. The van der Waals surface area contributed by atoms with E-state index in [9.17, 15) is 4.79 Å². The third-order valence-corrected chi connectivity index (χ3v) is 6.51. The van der Waals surface area contributed by atoms with Crippen molar-refractivity contribution >= 4 is 28.3 Å². The highest BCUT2D eigenvalue weighted by Gasteiger charge is 2.24. The summed E-state index contributed by atoms with van der Waals surface area (Å²) in [6.45, 7) is 2.64. The fourth-order valence-corrected chi connectivity index (χ4v) is 4.45. The summed E-state index contributed by atoms with van der Waals surface area (Å²) in [6, 6.07) is 27.5. The van der Waals surface area contributed by atoms with Crippen LogP contribution in [0.25, 0.3) is 22.0 Å². The molecular formula is C30H26ClN3O. The molecule has 0 bridgehead atoms. The van der Waals surface area contributed by atoms with E-state index in [0.29, 0.717) is 12.1 Å². The summed E-state index contributed by atoms with van der Waals surface area (Å²) in [4.78, 5) is 21.5.